The number of hydrogen-bond donors (Lipinski definition) is 0. The molecule has 136 valence electrons. The first kappa shape index (κ1) is 18.4. The number of ether oxygens (including phenoxy) is 1. The Bertz CT molecular complexity index is 792. The maximum absolute atomic E-state index is 12.6. The molecule has 5 nitrogen and oxygen atoms in total. The van der Waals surface area contributed by atoms with Crippen molar-refractivity contribution in [2.75, 3.05) is 13.1 Å². The minimum absolute atomic E-state index is 0.331. The lowest BCUT2D eigenvalue weighted by Gasteiger charge is -2.25. The summed E-state index contributed by atoms with van der Waals surface area (Å²) in [5.74, 6) is 1.06. The molecule has 1 aliphatic rings. The van der Waals surface area contributed by atoms with Gasteiger partial charge in [-0.15, -0.1) is 11.3 Å². The van der Waals surface area contributed by atoms with E-state index in [0.717, 1.165) is 30.0 Å². The lowest BCUT2D eigenvalue weighted by Crippen LogP contribution is -2.35. The number of piperidine rings is 1. The number of aromatic nitrogens is 1. The second-order valence-corrected chi connectivity index (χ2v) is 9.38. The van der Waals surface area contributed by atoms with Crippen molar-refractivity contribution in [1.82, 2.24) is 9.29 Å². The largest absolute Gasteiger partial charge is 0.487 e. The predicted octanol–water partition coefficient (Wildman–Crippen LogP) is 4.02. The van der Waals surface area contributed by atoms with Crippen molar-refractivity contribution in [1.29, 1.82) is 0 Å². The Kier molecular flexibility index (Phi) is 5.76. The van der Waals surface area contributed by atoms with Crippen molar-refractivity contribution < 1.29 is 13.2 Å². The van der Waals surface area contributed by atoms with Gasteiger partial charge in [0.05, 0.1) is 15.6 Å². The first-order valence-electron chi connectivity index (χ1n) is 8.64. The quantitative estimate of drug-likeness (QED) is 0.759. The third-order valence-corrected chi connectivity index (χ3v) is 7.33. The summed E-state index contributed by atoms with van der Waals surface area (Å²) >= 11 is 1.64. The van der Waals surface area contributed by atoms with E-state index in [1.54, 1.807) is 39.9 Å². The summed E-state index contributed by atoms with van der Waals surface area (Å²) in [4.78, 5) is 4.86. The topological polar surface area (TPSA) is 59.5 Å². The maximum atomic E-state index is 12.6. The van der Waals surface area contributed by atoms with Gasteiger partial charge in [-0.05, 0) is 37.1 Å². The number of benzene rings is 1. The molecule has 1 aromatic carbocycles. The van der Waals surface area contributed by atoms with Gasteiger partial charge < -0.3 is 4.74 Å². The van der Waals surface area contributed by atoms with Crippen LogP contribution in [0.5, 0.6) is 5.75 Å². The molecule has 1 fully saturated rings. The van der Waals surface area contributed by atoms with Crippen LogP contribution in [0, 0.1) is 0 Å². The Balaban J connectivity index is 1.63. The van der Waals surface area contributed by atoms with E-state index in [9.17, 15) is 8.42 Å². The second-order valence-electron chi connectivity index (χ2n) is 6.56. The first-order chi connectivity index (χ1) is 12.0. The standard InChI is InChI=1S/C18H24N2O3S2/c1-14(2)18-19-15(13-24-18)12-23-16-6-8-17(9-7-16)25(21,22)20-10-4-3-5-11-20/h6-9,13-14H,3-5,10-12H2,1-2H3. The van der Waals surface area contributed by atoms with Crippen LogP contribution in [-0.2, 0) is 16.6 Å². The lowest BCUT2D eigenvalue weighted by atomic mass is 10.2. The fourth-order valence-corrected chi connectivity index (χ4v) is 5.11. The molecule has 1 saturated heterocycles. The monoisotopic (exact) mass is 380 g/mol. The highest BCUT2D eigenvalue weighted by molar-refractivity contribution is 7.89. The summed E-state index contributed by atoms with van der Waals surface area (Å²) in [5, 5.41) is 3.10. The van der Waals surface area contributed by atoms with E-state index in [4.69, 9.17) is 4.74 Å². The Morgan fingerprint density at radius 3 is 2.44 bits per heavy atom. The third-order valence-electron chi connectivity index (χ3n) is 4.23. The minimum atomic E-state index is -3.39. The van der Waals surface area contributed by atoms with Gasteiger partial charge in [-0.1, -0.05) is 20.3 Å². The molecule has 0 unspecified atom stereocenters. The molecule has 0 bridgehead atoms. The fraction of sp³-hybridized carbons (Fsp3) is 0.500. The zero-order valence-electron chi connectivity index (χ0n) is 14.6. The van der Waals surface area contributed by atoms with Gasteiger partial charge in [-0.3, -0.25) is 0 Å². The van der Waals surface area contributed by atoms with Crippen LogP contribution in [-0.4, -0.2) is 30.8 Å². The molecule has 0 amide bonds. The molecule has 25 heavy (non-hydrogen) atoms. The van der Waals surface area contributed by atoms with Crippen molar-refractivity contribution >= 4 is 21.4 Å². The van der Waals surface area contributed by atoms with Crippen molar-refractivity contribution in [2.24, 2.45) is 0 Å². The van der Waals surface area contributed by atoms with Gasteiger partial charge in [0.15, 0.2) is 0 Å². The van der Waals surface area contributed by atoms with Crippen molar-refractivity contribution in [3.63, 3.8) is 0 Å². The Hall–Kier alpha value is -1.44. The second kappa shape index (κ2) is 7.85. The molecule has 1 aromatic heterocycles. The summed E-state index contributed by atoms with van der Waals surface area (Å²) in [6.07, 6.45) is 2.98. The average Bonchev–Trinajstić information content (AvgIpc) is 3.10. The van der Waals surface area contributed by atoms with E-state index < -0.39 is 10.0 Å². The van der Waals surface area contributed by atoms with E-state index in [1.165, 1.54) is 0 Å². The summed E-state index contributed by atoms with van der Waals surface area (Å²) in [6, 6.07) is 6.68. The van der Waals surface area contributed by atoms with E-state index in [1.807, 2.05) is 5.38 Å². The molecular formula is C18H24N2O3S2. The molecule has 0 atom stereocenters. The van der Waals surface area contributed by atoms with Crippen LogP contribution in [0.25, 0.3) is 0 Å². The van der Waals surface area contributed by atoms with E-state index in [-0.39, 0.29) is 0 Å². The molecular weight excluding hydrogens is 356 g/mol. The highest BCUT2D eigenvalue weighted by atomic mass is 32.2. The van der Waals surface area contributed by atoms with E-state index >= 15 is 0 Å². The van der Waals surface area contributed by atoms with Crippen LogP contribution in [0.15, 0.2) is 34.5 Å². The number of sulfonamides is 1. The average molecular weight is 381 g/mol. The molecule has 0 radical (unpaired) electrons. The van der Waals surface area contributed by atoms with Crippen LogP contribution < -0.4 is 4.74 Å². The van der Waals surface area contributed by atoms with Crippen molar-refractivity contribution in [3.05, 3.63) is 40.3 Å². The lowest BCUT2D eigenvalue weighted by molar-refractivity contribution is 0.301. The zero-order chi connectivity index (χ0) is 17.9. The normalized spacial score (nSPS) is 16.3. The van der Waals surface area contributed by atoms with E-state index in [0.29, 0.717) is 36.3 Å². The number of nitrogens with zero attached hydrogens (tertiary/aromatic N) is 2. The fourth-order valence-electron chi connectivity index (χ4n) is 2.77. The number of thiazole rings is 1. The molecule has 0 N–H and O–H groups in total. The van der Waals surface area contributed by atoms with Crippen LogP contribution >= 0.6 is 11.3 Å². The smallest absolute Gasteiger partial charge is 0.243 e. The highest BCUT2D eigenvalue weighted by Crippen LogP contribution is 2.24. The zero-order valence-corrected chi connectivity index (χ0v) is 16.3. The van der Waals surface area contributed by atoms with E-state index in [2.05, 4.69) is 18.8 Å². The van der Waals surface area contributed by atoms with Crippen molar-refractivity contribution in [3.8, 4) is 5.75 Å². The molecule has 2 heterocycles. The highest BCUT2D eigenvalue weighted by Gasteiger charge is 2.25. The van der Waals surface area contributed by atoms with Crippen LogP contribution in [0.3, 0.4) is 0 Å². The number of hydrogen-bond acceptors (Lipinski definition) is 5. The Labute approximate surface area is 153 Å². The first-order valence-corrected chi connectivity index (χ1v) is 11.0. The molecule has 7 heteroatoms. The van der Waals surface area contributed by atoms with Crippen LogP contribution in [0.4, 0.5) is 0 Å². The van der Waals surface area contributed by atoms with Gasteiger partial charge in [-0.25, -0.2) is 13.4 Å². The van der Waals surface area contributed by atoms with Crippen LogP contribution in [0.2, 0.25) is 0 Å². The Morgan fingerprint density at radius 1 is 1.16 bits per heavy atom. The van der Waals surface area contributed by atoms with Crippen molar-refractivity contribution in [2.45, 2.75) is 50.5 Å². The molecule has 0 spiro atoms. The summed E-state index contributed by atoms with van der Waals surface area (Å²) < 4.78 is 32.6. The summed E-state index contributed by atoms with van der Waals surface area (Å²) in [6.45, 7) is 5.85. The maximum Gasteiger partial charge on any atom is 0.243 e. The molecule has 2 aromatic rings. The minimum Gasteiger partial charge on any atom is -0.487 e. The SMILES string of the molecule is CC(C)c1nc(COc2ccc(S(=O)(=O)N3CCCCC3)cc2)cs1. The number of rotatable bonds is 6. The third kappa shape index (κ3) is 4.40. The molecule has 3 rings (SSSR count). The molecule has 0 aliphatic carbocycles. The Morgan fingerprint density at radius 2 is 1.84 bits per heavy atom. The van der Waals surface area contributed by atoms with Gasteiger partial charge >= 0.3 is 0 Å². The predicted molar refractivity (Wildman–Crippen MR) is 99.6 cm³/mol. The molecule has 0 saturated carbocycles. The summed E-state index contributed by atoms with van der Waals surface area (Å²) in [5.41, 5.74) is 0.902. The van der Waals surface area contributed by atoms with Crippen LogP contribution in [0.1, 0.15) is 49.7 Å². The summed E-state index contributed by atoms with van der Waals surface area (Å²) in [7, 11) is -3.39. The van der Waals surface area contributed by atoms with Gasteiger partial charge in [0.25, 0.3) is 0 Å². The van der Waals surface area contributed by atoms with Gasteiger partial charge in [0.1, 0.15) is 12.4 Å². The van der Waals surface area contributed by atoms with Gasteiger partial charge in [0, 0.05) is 24.4 Å². The molecule has 1 aliphatic heterocycles. The van der Waals surface area contributed by atoms with Gasteiger partial charge in [-0.2, -0.15) is 4.31 Å². The van der Waals surface area contributed by atoms with Gasteiger partial charge in [0.2, 0.25) is 10.0 Å².